The van der Waals surface area contributed by atoms with Gasteiger partial charge in [0.1, 0.15) is 11.6 Å². The van der Waals surface area contributed by atoms with Crippen molar-refractivity contribution in [2.24, 2.45) is 0 Å². The maximum absolute atomic E-state index is 12.8. The lowest BCUT2D eigenvalue weighted by Crippen LogP contribution is -2.31. The van der Waals surface area contributed by atoms with Crippen LogP contribution in [0.15, 0.2) is 53.0 Å². The van der Waals surface area contributed by atoms with E-state index in [1.165, 1.54) is 12.1 Å². The molecule has 0 aliphatic heterocycles. The molecule has 0 saturated heterocycles. The van der Waals surface area contributed by atoms with Crippen molar-refractivity contribution in [1.82, 2.24) is 5.32 Å². The van der Waals surface area contributed by atoms with E-state index < -0.39 is 11.9 Å². The Kier molecular flexibility index (Phi) is 7.40. The Morgan fingerprint density at radius 1 is 1.00 bits per heavy atom. The van der Waals surface area contributed by atoms with Gasteiger partial charge in [-0.05, 0) is 48.4 Å². The van der Waals surface area contributed by atoms with Crippen molar-refractivity contribution < 1.29 is 23.5 Å². The number of amides is 1. The van der Waals surface area contributed by atoms with Gasteiger partial charge >= 0.3 is 5.97 Å². The molecule has 25 heavy (non-hydrogen) atoms. The summed E-state index contributed by atoms with van der Waals surface area (Å²) >= 11 is 3.30. The summed E-state index contributed by atoms with van der Waals surface area (Å²) in [7, 11) is 0. The standard InChI is InChI=1S/C18H17BrFNO4/c19-14-3-7-16(8-4-14)24-12-18(23)25-11-17(22)21-10-9-13-1-5-15(20)6-2-13/h1-8H,9-12H2,(H,21,22). The van der Waals surface area contributed by atoms with Crippen molar-refractivity contribution in [3.8, 4) is 5.75 Å². The average molecular weight is 410 g/mol. The number of hydrogen-bond donors (Lipinski definition) is 1. The molecule has 0 heterocycles. The Bertz CT molecular complexity index is 704. The van der Waals surface area contributed by atoms with E-state index in [1.807, 2.05) is 0 Å². The summed E-state index contributed by atoms with van der Waals surface area (Å²) in [5, 5.41) is 2.63. The van der Waals surface area contributed by atoms with E-state index in [9.17, 15) is 14.0 Å². The zero-order valence-corrected chi connectivity index (χ0v) is 14.9. The van der Waals surface area contributed by atoms with Crippen LogP contribution >= 0.6 is 15.9 Å². The number of hydrogen-bond acceptors (Lipinski definition) is 4. The topological polar surface area (TPSA) is 64.6 Å². The van der Waals surface area contributed by atoms with Gasteiger partial charge in [0.05, 0.1) is 0 Å². The Labute approximate surface area is 153 Å². The van der Waals surface area contributed by atoms with Crippen molar-refractivity contribution in [2.45, 2.75) is 6.42 Å². The van der Waals surface area contributed by atoms with Crippen molar-refractivity contribution in [2.75, 3.05) is 19.8 Å². The SMILES string of the molecule is O=C(COC(=O)COc1ccc(Br)cc1)NCCc1ccc(F)cc1. The van der Waals surface area contributed by atoms with Gasteiger partial charge in [-0.1, -0.05) is 28.1 Å². The highest BCUT2D eigenvalue weighted by Gasteiger charge is 2.08. The van der Waals surface area contributed by atoms with Gasteiger partial charge in [0.15, 0.2) is 13.2 Å². The number of carbonyl (C=O) groups is 2. The summed E-state index contributed by atoms with van der Waals surface area (Å²) in [6, 6.07) is 13.0. The van der Waals surface area contributed by atoms with Gasteiger partial charge in [0.25, 0.3) is 5.91 Å². The van der Waals surface area contributed by atoms with Gasteiger partial charge in [0, 0.05) is 11.0 Å². The molecule has 2 aromatic carbocycles. The molecule has 0 radical (unpaired) electrons. The molecule has 0 aliphatic rings. The molecule has 1 amide bonds. The van der Waals surface area contributed by atoms with E-state index in [0.29, 0.717) is 18.7 Å². The van der Waals surface area contributed by atoms with Crippen LogP contribution in [-0.4, -0.2) is 31.6 Å². The maximum Gasteiger partial charge on any atom is 0.344 e. The van der Waals surface area contributed by atoms with Crippen LogP contribution in [-0.2, 0) is 20.7 Å². The van der Waals surface area contributed by atoms with Crippen molar-refractivity contribution in [3.63, 3.8) is 0 Å². The quantitative estimate of drug-likeness (QED) is 0.680. The van der Waals surface area contributed by atoms with Crippen LogP contribution in [0.1, 0.15) is 5.56 Å². The van der Waals surface area contributed by atoms with E-state index >= 15 is 0 Å². The lowest BCUT2D eigenvalue weighted by atomic mass is 10.1. The normalized spacial score (nSPS) is 10.2. The second kappa shape index (κ2) is 9.78. The van der Waals surface area contributed by atoms with Crippen molar-refractivity contribution in [1.29, 1.82) is 0 Å². The molecule has 0 bridgehead atoms. The number of ether oxygens (including phenoxy) is 2. The first-order chi connectivity index (χ1) is 12.0. The van der Waals surface area contributed by atoms with Crippen LogP contribution in [0.25, 0.3) is 0 Å². The zero-order valence-electron chi connectivity index (χ0n) is 13.3. The fourth-order valence-electron chi connectivity index (χ4n) is 1.91. The number of nitrogens with one attached hydrogen (secondary N) is 1. The Morgan fingerprint density at radius 3 is 2.36 bits per heavy atom. The lowest BCUT2D eigenvalue weighted by Gasteiger charge is -2.08. The Hall–Kier alpha value is -2.41. The number of benzene rings is 2. The summed E-state index contributed by atoms with van der Waals surface area (Å²) in [6.45, 7) is -0.270. The molecule has 0 atom stereocenters. The summed E-state index contributed by atoms with van der Waals surface area (Å²) in [5.41, 5.74) is 0.904. The lowest BCUT2D eigenvalue weighted by molar-refractivity contribution is -0.150. The molecule has 0 aromatic heterocycles. The highest BCUT2D eigenvalue weighted by Crippen LogP contribution is 2.15. The van der Waals surface area contributed by atoms with Gasteiger partial charge in [-0.15, -0.1) is 0 Å². The molecule has 1 N–H and O–H groups in total. The third kappa shape index (κ3) is 7.34. The van der Waals surface area contributed by atoms with Crippen LogP contribution in [0.4, 0.5) is 4.39 Å². The van der Waals surface area contributed by atoms with Crippen molar-refractivity contribution in [3.05, 3.63) is 64.4 Å². The molecular formula is C18H17BrFNO4. The number of halogens is 2. The fraction of sp³-hybridized carbons (Fsp3) is 0.222. The third-order valence-electron chi connectivity index (χ3n) is 3.18. The molecular weight excluding hydrogens is 393 g/mol. The molecule has 5 nitrogen and oxygen atoms in total. The van der Waals surface area contributed by atoms with E-state index in [2.05, 4.69) is 21.2 Å². The summed E-state index contributed by atoms with van der Waals surface area (Å²) in [6.07, 6.45) is 0.562. The minimum Gasteiger partial charge on any atom is -0.482 e. The van der Waals surface area contributed by atoms with Gasteiger partial charge in [-0.3, -0.25) is 4.79 Å². The fourth-order valence-corrected chi connectivity index (χ4v) is 2.17. The third-order valence-corrected chi connectivity index (χ3v) is 3.71. The van der Waals surface area contributed by atoms with E-state index in [0.717, 1.165) is 10.0 Å². The first-order valence-electron chi connectivity index (χ1n) is 7.58. The molecule has 2 aromatic rings. The molecule has 132 valence electrons. The summed E-state index contributed by atoms with van der Waals surface area (Å²) in [5.74, 6) is -0.801. The van der Waals surface area contributed by atoms with E-state index in [-0.39, 0.29) is 19.0 Å². The van der Waals surface area contributed by atoms with Crippen LogP contribution in [0.5, 0.6) is 5.75 Å². The highest BCUT2D eigenvalue weighted by atomic mass is 79.9. The monoisotopic (exact) mass is 409 g/mol. The van der Waals surface area contributed by atoms with Crippen LogP contribution < -0.4 is 10.1 Å². The second-order valence-corrected chi connectivity index (χ2v) is 6.05. The van der Waals surface area contributed by atoms with Crippen LogP contribution in [0.3, 0.4) is 0 Å². The maximum atomic E-state index is 12.8. The smallest absolute Gasteiger partial charge is 0.344 e. The Morgan fingerprint density at radius 2 is 1.68 bits per heavy atom. The van der Waals surface area contributed by atoms with Crippen LogP contribution in [0, 0.1) is 5.82 Å². The summed E-state index contributed by atoms with van der Waals surface area (Å²) < 4.78 is 23.8. The van der Waals surface area contributed by atoms with Gasteiger partial charge < -0.3 is 14.8 Å². The molecule has 2 rings (SSSR count). The van der Waals surface area contributed by atoms with Gasteiger partial charge in [-0.25, -0.2) is 9.18 Å². The predicted molar refractivity (Wildman–Crippen MR) is 93.7 cm³/mol. The molecule has 0 saturated carbocycles. The predicted octanol–water partition coefficient (Wildman–Crippen LogP) is 2.87. The molecule has 0 aliphatic carbocycles. The highest BCUT2D eigenvalue weighted by molar-refractivity contribution is 9.10. The van der Waals surface area contributed by atoms with Gasteiger partial charge in [-0.2, -0.15) is 0 Å². The molecule has 0 unspecified atom stereocenters. The van der Waals surface area contributed by atoms with E-state index in [4.69, 9.17) is 9.47 Å². The molecule has 0 fully saturated rings. The van der Waals surface area contributed by atoms with Gasteiger partial charge in [0.2, 0.25) is 0 Å². The minimum absolute atomic E-state index is 0.273. The zero-order chi connectivity index (χ0) is 18.1. The summed E-state index contributed by atoms with van der Waals surface area (Å²) in [4.78, 5) is 23.2. The first-order valence-corrected chi connectivity index (χ1v) is 8.37. The Balaban J connectivity index is 1.59. The largest absolute Gasteiger partial charge is 0.482 e. The average Bonchev–Trinajstić information content (AvgIpc) is 2.61. The minimum atomic E-state index is -0.628. The molecule has 0 spiro atoms. The van der Waals surface area contributed by atoms with Crippen LogP contribution in [0.2, 0.25) is 0 Å². The number of rotatable bonds is 8. The number of esters is 1. The second-order valence-electron chi connectivity index (χ2n) is 5.13. The van der Waals surface area contributed by atoms with E-state index in [1.54, 1.807) is 36.4 Å². The molecule has 7 heteroatoms. The van der Waals surface area contributed by atoms with Crippen molar-refractivity contribution >= 4 is 27.8 Å². The number of carbonyl (C=O) groups excluding carboxylic acids is 2. The first kappa shape index (κ1) is 18.9.